The Labute approximate surface area is 236 Å². The number of thiophene rings is 1. The number of rotatable bonds is 10. The molecule has 38 heavy (non-hydrogen) atoms. The fourth-order valence-electron chi connectivity index (χ4n) is 2.22. The molecule has 3 N–H and O–H groups in total. The van der Waals surface area contributed by atoms with Gasteiger partial charge >= 0.3 is 0 Å². The van der Waals surface area contributed by atoms with Crippen LogP contribution in [0.5, 0.6) is 0 Å². The van der Waals surface area contributed by atoms with E-state index in [2.05, 4.69) is 64.7 Å². The first-order valence-electron chi connectivity index (χ1n) is 13.4. The van der Waals surface area contributed by atoms with E-state index < -0.39 is 5.91 Å². The van der Waals surface area contributed by atoms with Gasteiger partial charge in [-0.3, -0.25) is 14.6 Å². The zero-order valence-electron chi connectivity index (χ0n) is 25.0. The monoisotopic (exact) mass is 541 g/mol. The number of primary amides is 1. The summed E-state index contributed by atoms with van der Waals surface area (Å²) in [6.07, 6.45) is 9.08. The standard InChI is InChI=1S/C14H19N3O.C9H8OS.C4H10.C3H8.C2H6/c1-4-10(2)17-13-8-6-5-7-12(13)11(3)16-9-14(15)18;1-3-7-5-8(6-10)11-9(7)4-2;1-3-4-2;1-3-2;1-2/h5-8,16H,3-4,9H2,1-2H3,(H2,15,18);3-6H,1-2H2;3-4H2,1-2H3;3H2,1-2H3;1-2H3. The highest BCUT2D eigenvalue weighted by Crippen LogP contribution is 2.24. The Bertz CT molecular complexity index is 947. The average Bonchev–Trinajstić information content (AvgIpc) is 3.36. The lowest BCUT2D eigenvalue weighted by Gasteiger charge is -2.11. The van der Waals surface area contributed by atoms with Crippen molar-refractivity contribution >= 4 is 52.8 Å². The van der Waals surface area contributed by atoms with Crippen molar-refractivity contribution in [1.82, 2.24) is 5.32 Å². The van der Waals surface area contributed by atoms with Crippen LogP contribution in [0.1, 0.15) is 107 Å². The Kier molecular flexibility index (Phi) is 27.7. The van der Waals surface area contributed by atoms with Gasteiger partial charge in [-0.05, 0) is 31.0 Å². The molecule has 1 aromatic carbocycles. The minimum absolute atomic E-state index is 0.0731. The first kappa shape index (κ1) is 39.3. The molecule has 6 heteroatoms. The smallest absolute Gasteiger partial charge is 0.236 e. The molecule has 212 valence electrons. The van der Waals surface area contributed by atoms with Gasteiger partial charge in [0.2, 0.25) is 5.91 Å². The topological polar surface area (TPSA) is 84.5 Å². The van der Waals surface area contributed by atoms with Gasteiger partial charge in [-0.1, -0.05) is 118 Å². The predicted octanol–water partition coefficient (Wildman–Crippen LogP) is 9.33. The molecule has 0 fully saturated rings. The molecule has 1 heterocycles. The second-order valence-corrected chi connectivity index (χ2v) is 8.83. The summed E-state index contributed by atoms with van der Waals surface area (Å²) in [5.41, 5.74) is 9.49. The van der Waals surface area contributed by atoms with E-state index in [1.165, 1.54) is 30.6 Å². The van der Waals surface area contributed by atoms with Crippen molar-refractivity contribution in [2.24, 2.45) is 10.7 Å². The third-order valence-corrected chi connectivity index (χ3v) is 5.43. The van der Waals surface area contributed by atoms with Crippen LogP contribution in [0.15, 0.2) is 55.1 Å². The van der Waals surface area contributed by atoms with Crippen LogP contribution in [0.25, 0.3) is 17.8 Å². The molecule has 0 aliphatic carbocycles. The highest BCUT2D eigenvalue weighted by atomic mass is 32.1. The van der Waals surface area contributed by atoms with Gasteiger partial charge in [0.15, 0.2) is 6.29 Å². The van der Waals surface area contributed by atoms with Crippen LogP contribution in [0, 0.1) is 0 Å². The molecule has 0 atom stereocenters. The number of benzene rings is 1. The van der Waals surface area contributed by atoms with Crippen LogP contribution in [0.3, 0.4) is 0 Å². The summed E-state index contributed by atoms with van der Waals surface area (Å²) in [6.45, 7) is 27.9. The summed E-state index contributed by atoms with van der Waals surface area (Å²) < 4.78 is 0. The Hall–Kier alpha value is -3.25. The fourth-order valence-corrected chi connectivity index (χ4v) is 3.05. The third-order valence-electron chi connectivity index (χ3n) is 4.36. The minimum atomic E-state index is -0.415. The number of hydrogen-bond donors (Lipinski definition) is 2. The van der Waals surface area contributed by atoms with Crippen LogP contribution in [-0.4, -0.2) is 24.4 Å². The number of hydrogen-bond acceptors (Lipinski definition) is 5. The maximum atomic E-state index is 10.7. The lowest BCUT2D eigenvalue weighted by Crippen LogP contribution is -2.27. The summed E-state index contributed by atoms with van der Waals surface area (Å²) >= 11 is 1.43. The van der Waals surface area contributed by atoms with E-state index in [-0.39, 0.29) is 6.54 Å². The van der Waals surface area contributed by atoms with E-state index >= 15 is 0 Å². The van der Waals surface area contributed by atoms with Gasteiger partial charge in [-0.25, -0.2) is 0 Å². The number of nitrogens with zero attached hydrogens (tertiary/aromatic N) is 1. The summed E-state index contributed by atoms with van der Waals surface area (Å²) in [5.74, 6) is -0.415. The molecule has 0 saturated carbocycles. The van der Waals surface area contributed by atoms with E-state index in [9.17, 15) is 9.59 Å². The number of unbranched alkanes of at least 4 members (excludes halogenated alkanes) is 1. The highest BCUT2D eigenvalue weighted by molar-refractivity contribution is 7.14. The van der Waals surface area contributed by atoms with Crippen LogP contribution < -0.4 is 11.1 Å². The van der Waals surface area contributed by atoms with Crippen molar-refractivity contribution in [1.29, 1.82) is 0 Å². The van der Waals surface area contributed by atoms with Gasteiger partial charge in [-0.2, -0.15) is 0 Å². The molecule has 0 bridgehead atoms. The molecule has 1 amide bonds. The highest BCUT2D eigenvalue weighted by Gasteiger charge is 2.05. The number of aldehydes is 1. The van der Waals surface area contributed by atoms with Crippen LogP contribution in [0.2, 0.25) is 0 Å². The summed E-state index contributed by atoms with van der Waals surface area (Å²) in [5, 5.41) is 2.89. The molecule has 0 aliphatic heterocycles. The summed E-state index contributed by atoms with van der Waals surface area (Å²) in [7, 11) is 0. The number of carbonyl (C=O) groups is 2. The van der Waals surface area contributed by atoms with Crippen molar-refractivity contribution in [2.45, 2.75) is 81.1 Å². The van der Waals surface area contributed by atoms with Crippen molar-refractivity contribution in [3.63, 3.8) is 0 Å². The second kappa shape index (κ2) is 26.8. The molecule has 0 aliphatic rings. The number of aliphatic imine (C=N–C) groups is 1. The van der Waals surface area contributed by atoms with Gasteiger partial charge in [0.25, 0.3) is 0 Å². The number of nitrogens with one attached hydrogen (secondary N) is 1. The Morgan fingerprint density at radius 2 is 1.61 bits per heavy atom. The fraction of sp³-hybridized carbons (Fsp3) is 0.406. The Balaban J connectivity index is -0.000000518. The Morgan fingerprint density at radius 1 is 1.05 bits per heavy atom. The first-order chi connectivity index (χ1) is 18.2. The third kappa shape index (κ3) is 18.9. The van der Waals surface area contributed by atoms with E-state index in [0.717, 1.165) is 45.0 Å². The van der Waals surface area contributed by atoms with Crippen LogP contribution in [-0.2, 0) is 4.79 Å². The van der Waals surface area contributed by atoms with Crippen molar-refractivity contribution in [3.05, 3.63) is 70.9 Å². The number of para-hydroxylation sites is 1. The van der Waals surface area contributed by atoms with E-state index in [1.807, 2.05) is 51.1 Å². The molecule has 2 rings (SSSR count). The number of nitrogens with two attached hydrogens (primary N) is 1. The van der Waals surface area contributed by atoms with E-state index in [0.29, 0.717) is 5.70 Å². The quantitative estimate of drug-likeness (QED) is 0.232. The lowest BCUT2D eigenvalue weighted by molar-refractivity contribution is -0.117. The minimum Gasteiger partial charge on any atom is -0.376 e. The van der Waals surface area contributed by atoms with E-state index in [4.69, 9.17) is 5.73 Å². The van der Waals surface area contributed by atoms with Gasteiger partial charge in [0.1, 0.15) is 0 Å². The largest absolute Gasteiger partial charge is 0.376 e. The van der Waals surface area contributed by atoms with Crippen molar-refractivity contribution < 1.29 is 9.59 Å². The zero-order valence-corrected chi connectivity index (χ0v) is 25.8. The molecular formula is C32H51N3O2S. The van der Waals surface area contributed by atoms with Crippen molar-refractivity contribution in [3.8, 4) is 0 Å². The average molecular weight is 542 g/mol. The summed E-state index contributed by atoms with van der Waals surface area (Å²) in [4.78, 5) is 27.3. The number of amides is 1. The van der Waals surface area contributed by atoms with Gasteiger partial charge in [0, 0.05) is 21.8 Å². The molecule has 0 saturated heterocycles. The SMILES string of the molecule is C=C(NCC(N)=O)c1ccccc1N=C(C)CC.C=Cc1cc(C=O)sc1C=C.CC.CCC.CCCC. The van der Waals surface area contributed by atoms with Crippen molar-refractivity contribution in [2.75, 3.05) is 6.54 Å². The van der Waals surface area contributed by atoms with Crippen LogP contribution >= 0.6 is 11.3 Å². The molecule has 0 spiro atoms. The maximum Gasteiger partial charge on any atom is 0.236 e. The summed E-state index contributed by atoms with van der Waals surface area (Å²) in [6, 6.07) is 9.48. The van der Waals surface area contributed by atoms with E-state index in [1.54, 1.807) is 12.2 Å². The molecule has 1 aromatic heterocycles. The number of carbonyl (C=O) groups excluding carboxylic acids is 2. The molecule has 0 radical (unpaired) electrons. The first-order valence-corrected chi connectivity index (χ1v) is 14.2. The molecule has 2 aromatic rings. The molecule has 0 unspecified atom stereocenters. The second-order valence-electron chi connectivity index (χ2n) is 7.72. The van der Waals surface area contributed by atoms with Gasteiger partial charge in [0.05, 0.1) is 17.1 Å². The Morgan fingerprint density at radius 3 is 2.00 bits per heavy atom. The molecular weight excluding hydrogens is 490 g/mol. The van der Waals surface area contributed by atoms with Gasteiger partial charge in [-0.15, -0.1) is 11.3 Å². The zero-order chi connectivity index (χ0) is 29.9. The normalized spacial score (nSPS) is 9.32. The lowest BCUT2D eigenvalue weighted by atomic mass is 10.1. The van der Waals surface area contributed by atoms with Gasteiger partial charge < -0.3 is 11.1 Å². The van der Waals surface area contributed by atoms with Crippen LogP contribution in [0.4, 0.5) is 5.69 Å². The maximum absolute atomic E-state index is 10.7. The molecule has 5 nitrogen and oxygen atoms in total. The predicted molar refractivity (Wildman–Crippen MR) is 174 cm³/mol.